The maximum atomic E-state index is 11.0. The Bertz CT molecular complexity index is 902. The molecule has 0 N–H and O–H groups in total. The fourth-order valence-corrected chi connectivity index (χ4v) is 4.62. The third kappa shape index (κ3) is 4.09. The molecule has 0 atom stereocenters. The van der Waals surface area contributed by atoms with E-state index in [4.69, 9.17) is 9.72 Å². The smallest absolute Gasteiger partial charge is 0.310 e. The van der Waals surface area contributed by atoms with Crippen LogP contribution in [0.2, 0.25) is 0 Å². The number of rotatable bonds is 6. The highest BCUT2D eigenvalue weighted by atomic mass is 32.1. The van der Waals surface area contributed by atoms with Gasteiger partial charge in [0.15, 0.2) is 5.75 Å². The fraction of sp³-hybridized carbons (Fsp3) is 0.350. The van der Waals surface area contributed by atoms with Crippen molar-refractivity contribution in [3.8, 4) is 5.75 Å². The highest BCUT2D eigenvalue weighted by Crippen LogP contribution is 2.33. The van der Waals surface area contributed by atoms with Gasteiger partial charge in [0.2, 0.25) is 0 Å². The number of hydrogen-bond acceptors (Lipinski definition) is 6. The average Bonchev–Trinajstić information content (AvgIpc) is 3.13. The molecule has 0 saturated carbocycles. The van der Waals surface area contributed by atoms with E-state index in [1.54, 1.807) is 29.5 Å². The number of para-hydroxylation sites is 3. The van der Waals surface area contributed by atoms with Crippen LogP contribution in [-0.4, -0.2) is 41.0 Å². The number of fused-ring (bicyclic) bond motifs is 1. The van der Waals surface area contributed by atoms with Crippen LogP contribution in [0.1, 0.15) is 23.8 Å². The minimum atomic E-state index is -0.404. The highest BCUT2D eigenvalue weighted by molar-refractivity contribution is 7.18. The zero-order valence-corrected chi connectivity index (χ0v) is 15.7. The van der Waals surface area contributed by atoms with Crippen molar-refractivity contribution in [3.63, 3.8) is 0 Å². The lowest BCUT2D eigenvalue weighted by molar-refractivity contribution is -0.385. The van der Waals surface area contributed by atoms with Crippen LogP contribution in [-0.2, 0) is 0 Å². The fourth-order valence-electron chi connectivity index (χ4n) is 3.48. The van der Waals surface area contributed by atoms with Gasteiger partial charge in [0.05, 0.1) is 20.1 Å². The van der Waals surface area contributed by atoms with E-state index in [2.05, 4.69) is 23.1 Å². The summed E-state index contributed by atoms with van der Waals surface area (Å²) < 4.78 is 6.92. The summed E-state index contributed by atoms with van der Waals surface area (Å²) in [6.07, 6.45) is 2.18. The Hall–Kier alpha value is -2.51. The maximum absolute atomic E-state index is 11.0. The van der Waals surface area contributed by atoms with Gasteiger partial charge in [0.1, 0.15) is 6.61 Å². The van der Waals surface area contributed by atoms with Crippen LogP contribution in [0.25, 0.3) is 10.2 Å². The van der Waals surface area contributed by atoms with Gasteiger partial charge in [-0.25, -0.2) is 4.98 Å². The molecule has 1 aliphatic rings. The van der Waals surface area contributed by atoms with Gasteiger partial charge in [0, 0.05) is 18.5 Å². The molecule has 3 aromatic rings. The first-order valence-corrected chi connectivity index (χ1v) is 9.96. The summed E-state index contributed by atoms with van der Waals surface area (Å²) in [7, 11) is 0. The summed E-state index contributed by atoms with van der Waals surface area (Å²) in [6, 6.07) is 14.8. The van der Waals surface area contributed by atoms with Gasteiger partial charge in [0.25, 0.3) is 0 Å². The molecule has 2 heterocycles. The van der Waals surface area contributed by atoms with Gasteiger partial charge in [-0.2, -0.15) is 0 Å². The molecular weight excluding hydrogens is 362 g/mol. The molecule has 4 rings (SSSR count). The normalized spacial score (nSPS) is 15.9. The van der Waals surface area contributed by atoms with E-state index in [0.29, 0.717) is 18.3 Å². The van der Waals surface area contributed by atoms with Crippen molar-refractivity contribution in [2.45, 2.75) is 18.8 Å². The first kappa shape index (κ1) is 17.9. The summed E-state index contributed by atoms with van der Waals surface area (Å²) in [5.41, 5.74) is 1.12. The highest BCUT2D eigenvalue weighted by Gasteiger charge is 2.23. The molecule has 0 unspecified atom stereocenters. The Morgan fingerprint density at radius 1 is 1.15 bits per heavy atom. The third-order valence-electron chi connectivity index (χ3n) is 4.97. The molecule has 2 aromatic carbocycles. The number of benzene rings is 2. The number of hydrogen-bond donors (Lipinski definition) is 0. The molecule has 1 aliphatic heterocycles. The molecule has 1 aromatic heterocycles. The number of nitro benzene ring substituents is 1. The van der Waals surface area contributed by atoms with Gasteiger partial charge < -0.3 is 4.74 Å². The topological polar surface area (TPSA) is 68.5 Å². The monoisotopic (exact) mass is 383 g/mol. The van der Waals surface area contributed by atoms with E-state index in [9.17, 15) is 10.1 Å². The zero-order chi connectivity index (χ0) is 18.6. The summed E-state index contributed by atoms with van der Waals surface area (Å²) in [6.45, 7) is 3.23. The summed E-state index contributed by atoms with van der Waals surface area (Å²) >= 11 is 1.81. The largest absolute Gasteiger partial charge is 0.485 e. The number of aromatic nitrogens is 1. The van der Waals surface area contributed by atoms with Crippen molar-refractivity contribution < 1.29 is 9.66 Å². The van der Waals surface area contributed by atoms with Gasteiger partial charge in [-0.1, -0.05) is 24.3 Å². The van der Waals surface area contributed by atoms with Crippen LogP contribution in [0.5, 0.6) is 5.75 Å². The molecule has 0 amide bonds. The van der Waals surface area contributed by atoms with E-state index < -0.39 is 4.92 Å². The van der Waals surface area contributed by atoms with Crippen LogP contribution >= 0.6 is 11.3 Å². The van der Waals surface area contributed by atoms with Crippen molar-refractivity contribution in [3.05, 3.63) is 63.7 Å². The predicted molar refractivity (Wildman–Crippen MR) is 107 cm³/mol. The minimum Gasteiger partial charge on any atom is -0.485 e. The maximum Gasteiger partial charge on any atom is 0.310 e. The van der Waals surface area contributed by atoms with Crippen LogP contribution in [0.3, 0.4) is 0 Å². The molecule has 0 spiro atoms. The summed E-state index contributed by atoms with van der Waals surface area (Å²) in [4.78, 5) is 17.8. The Morgan fingerprint density at radius 2 is 1.89 bits per heavy atom. The zero-order valence-electron chi connectivity index (χ0n) is 14.9. The first-order valence-electron chi connectivity index (χ1n) is 9.15. The quantitative estimate of drug-likeness (QED) is 0.464. The van der Waals surface area contributed by atoms with E-state index in [1.165, 1.54) is 15.8 Å². The van der Waals surface area contributed by atoms with Crippen LogP contribution < -0.4 is 4.74 Å². The Morgan fingerprint density at radius 3 is 2.67 bits per heavy atom. The van der Waals surface area contributed by atoms with Gasteiger partial charge >= 0.3 is 5.69 Å². The molecule has 7 heteroatoms. The number of ether oxygens (including phenoxy) is 1. The van der Waals surface area contributed by atoms with E-state index in [0.717, 1.165) is 38.0 Å². The minimum absolute atomic E-state index is 0.0204. The Balaban J connectivity index is 1.28. The number of piperidine rings is 1. The number of nitrogens with zero attached hydrogens (tertiary/aromatic N) is 3. The standard InChI is InChI=1S/C20H21N3O3S/c24-23(25)17-6-2-3-7-18(17)26-14-13-22-11-9-15(10-12-22)20-21-16-5-1-4-8-19(16)27-20/h1-8,15H,9-14H2. The first-order chi connectivity index (χ1) is 13.2. The van der Waals surface area contributed by atoms with Gasteiger partial charge in [-0.15, -0.1) is 11.3 Å². The van der Waals surface area contributed by atoms with Gasteiger partial charge in [-0.3, -0.25) is 15.0 Å². The van der Waals surface area contributed by atoms with Crippen molar-refractivity contribution in [1.29, 1.82) is 0 Å². The Kier molecular flexibility index (Phi) is 5.31. The molecule has 1 saturated heterocycles. The van der Waals surface area contributed by atoms with E-state index in [1.807, 2.05) is 6.07 Å². The molecule has 1 fully saturated rings. The van der Waals surface area contributed by atoms with E-state index in [-0.39, 0.29) is 5.69 Å². The molecule has 27 heavy (non-hydrogen) atoms. The molecule has 0 radical (unpaired) electrons. The second kappa shape index (κ2) is 8.02. The average molecular weight is 383 g/mol. The molecule has 140 valence electrons. The van der Waals surface area contributed by atoms with Crippen LogP contribution in [0.15, 0.2) is 48.5 Å². The van der Waals surface area contributed by atoms with Crippen molar-refractivity contribution in [2.75, 3.05) is 26.2 Å². The Labute approximate surface area is 161 Å². The lowest BCUT2D eigenvalue weighted by Crippen LogP contribution is -2.35. The van der Waals surface area contributed by atoms with Crippen molar-refractivity contribution in [1.82, 2.24) is 9.88 Å². The van der Waals surface area contributed by atoms with Gasteiger partial charge in [-0.05, 0) is 44.1 Å². The molecular formula is C20H21N3O3S. The van der Waals surface area contributed by atoms with Crippen LogP contribution in [0, 0.1) is 10.1 Å². The van der Waals surface area contributed by atoms with Crippen LogP contribution in [0.4, 0.5) is 5.69 Å². The molecule has 0 aliphatic carbocycles. The number of likely N-dealkylation sites (tertiary alicyclic amines) is 1. The second-order valence-electron chi connectivity index (χ2n) is 6.71. The summed E-state index contributed by atoms with van der Waals surface area (Å²) in [5.74, 6) is 0.863. The lowest BCUT2D eigenvalue weighted by atomic mass is 9.97. The predicted octanol–water partition coefficient (Wildman–Crippen LogP) is 4.46. The third-order valence-corrected chi connectivity index (χ3v) is 6.17. The summed E-state index contributed by atoms with van der Waals surface area (Å²) in [5, 5.41) is 12.3. The SMILES string of the molecule is O=[N+]([O-])c1ccccc1OCCN1CCC(c2nc3ccccc3s2)CC1. The van der Waals surface area contributed by atoms with E-state index >= 15 is 0 Å². The second-order valence-corrected chi connectivity index (χ2v) is 7.77. The number of nitro groups is 1. The molecule has 6 nitrogen and oxygen atoms in total. The van der Waals surface area contributed by atoms with Crippen molar-refractivity contribution in [2.24, 2.45) is 0 Å². The molecule has 0 bridgehead atoms. The van der Waals surface area contributed by atoms with Crippen molar-refractivity contribution >= 4 is 27.2 Å². The number of thiazole rings is 1. The lowest BCUT2D eigenvalue weighted by Gasteiger charge is -2.30.